The van der Waals surface area contributed by atoms with Gasteiger partial charge in [0.25, 0.3) is 0 Å². The van der Waals surface area contributed by atoms with Gasteiger partial charge in [-0.1, -0.05) is 32.6 Å². The lowest BCUT2D eigenvalue weighted by Gasteiger charge is -2.42. The van der Waals surface area contributed by atoms with Gasteiger partial charge in [-0.25, -0.2) is 0 Å². The first kappa shape index (κ1) is 15.8. The quantitative estimate of drug-likeness (QED) is 0.840. The summed E-state index contributed by atoms with van der Waals surface area (Å²) in [6.45, 7) is 4.77. The molecule has 3 aliphatic rings. The zero-order chi connectivity index (χ0) is 14.7. The summed E-state index contributed by atoms with van der Waals surface area (Å²) >= 11 is 0. The third-order valence-electron chi connectivity index (χ3n) is 6.10. The van der Waals surface area contributed by atoms with E-state index in [1.165, 1.54) is 70.9 Å². The Morgan fingerprint density at radius 2 is 1.62 bits per heavy atom. The van der Waals surface area contributed by atoms with E-state index in [9.17, 15) is 5.11 Å². The molecule has 0 amide bonds. The lowest BCUT2D eigenvalue weighted by molar-refractivity contribution is 0.00619. The fourth-order valence-corrected chi connectivity index (χ4v) is 4.83. The van der Waals surface area contributed by atoms with Gasteiger partial charge in [-0.2, -0.15) is 0 Å². The summed E-state index contributed by atoms with van der Waals surface area (Å²) in [5.41, 5.74) is 0. The van der Waals surface area contributed by atoms with Crippen molar-refractivity contribution in [2.75, 3.05) is 13.1 Å². The molecular formula is C18H34N2O. The van der Waals surface area contributed by atoms with Crippen LogP contribution in [0.2, 0.25) is 0 Å². The van der Waals surface area contributed by atoms with Crippen molar-refractivity contribution in [3.8, 4) is 0 Å². The monoisotopic (exact) mass is 294 g/mol. The number of nitrogens with one attached hydrogen (secondary N) is 1. The summed E-state index contributed by atoms with van der Waals surface area (Å²) < 4.78 is 0. The molecule has 4 unspecified atom stereocenters. The maximum absolute atomic E-state index is 10.2. The van der Waals surface area contributed by atoms with Gasteiger partial charge in [-0.15, -0.1) is 0 Å². The number of likely N-dealkylation sites (tertiary alicyclic amines) is 1. The molecule has 3 rings (SSSR count). The van der Waals surface area contributed by atoms with E-state index < -0.39 is 0 Å². The molecular weight excluding hydrogens is 260 g/mol. The zero-order valence-electron chi connectivity index (χ0n) is 13.8. The van der Waals surface area contributed by atoms with E-state index in [0.717, 1.165) is 24.4 Å². The molecule has 0 spiro atoms. The van der Waals surface area contributed by atoms with E-state index >= 15 is 0 Å². The molecule has 0 aromatic carbocycles. The number of rotatable bonds is 3. The van der Waals surface area contributed by atoms with Gasteiger partial charge in [-0.05, 0) is 44.4 Å². The molecule has 0 radical (unpaired) electrons. The number of aliphatic hydroxyl groups is 1. The summed E-state index contributed by atoms with van der Waals surface area (Å²) in [5, 5.41) is 14.2. The Labute approximate surface area is 130 Å². The number of hydrogen-bond acceptors (Lipinski definition) is 3. The Balaban J connectivity index is 1.42. The lowest BCUT2D eigenvalue weighted by atomic mass is 9.86. The van der Waals surface area contributed by atoms with E-state index in [2.05, 4.69) is 17.1 Å². The normalized spacial score (nSPS) is 40.3. The summed E-state index contributed by atoms with van der Waals surface area (Å²) in [7, 11) is 0. The first-order valence-corrected chi connectivity index (χ1v) is 9.40. The highest BCUT2D eigenvalue weighted by atomic mass is 16.3. The van der Waals surface area contributed by atoms with Crippen LogP contribution in [-0.4, -0.2) is 47.3 Å². The Bertz CT molecular complexity index is 314. The van der Waals surface area contributed by atoms with Crippen molar-refractivity contribution in [2.24, 2.45) is 5.92 Å². The second kappa shape index (κ2) is 7.43. The summed E-state index contributed by atoms with van der Waals surface area (Å²) in [4.78, 5) is 2.57. The molecule has 0 bridgehead atoms. The van der Waals surface area contributed by atoms with E-state index in [1.54, 1.807) is 0 Å². The molecule has 2 aliphatic carbocycles. The highest BCUT2D eigenvalue weighted by Crippen LogP contribution is 2.27. The van der Waals surface area contributed by atoms with Crippen LogP contribution in [0.15, 0.2) is 0 Å². The Morgan fingerprint density at radius 3 is 2.33 bits per heavy atom. The predicted molar refractivity (Wildman–Crippen MR) is 87.4 cm³/mol. The molecule has 0 aromatic heterocycles. The number of nitrogens with zero attached hydrogens (tertiary/aromatic N) is 1. The fraction of sp³-hybridized carbons (Fsp3) is 1.00. The highest BCUT2D eigenvalue weighted by Gasteiger charge is 2.32. The van der Waals surface area contributed by atoms with E-state index in [4.69, 9.17) is 0 Å². The van der Waals surface area contributed by atoms with Crippen LogP contribution in [0.5, 0.6) is 0 Å². The number of aliphatic hydroxyl groups excluding tert-OH is 1. The largest absolute Gasteiger partial charge is 0.391 e. The molecule has 1 saturated heterocycles. The third kappa shape index (κ3) is 4.20. The molecule has 3 heteroatoms. The van der Waals surface area contributed by atoms with E-state index in [1.807, 2.05) is 0 Å². The Kier molecular flexibility index (Phi) is 5.58. The van der Waals surface area contributed by atoms with Crippen LogP contribution in [0, 0.1) is 5.92 Å². The molecule has 4 atom stereocenters. The summed E-state index contributed by atoms with van der Waals surface area (Å²) in [5.74, 6) is 0.911. The van der Waals surface area contributed by atoms with Crippen molar-refractivity contribution in [1.29, 1.82) is 0 Å². The van der Waals surface area contributed by atoms with Gasteiger partial charge in [0.15, 0.2) is 0 Å². The van der Waals surface area contributed by atoms with Crippen molar-refractivity contribution >= 4 is 0 Å². The smallest absolute Gasteiger partial charge is 0.0695 e. The SMILES string of the molecule is CC1CCCC(NC2CCN(C3CCCCC3O)CC2)C1. The van der Waals surface area contributed by atoms with E-state index in [-0.39, 0.29) is 6.10 Å². The van der Waals surface area contributed by atoms with Gasteiger partial charge in [0, 0.05) is 31.2 Å². The minimum absolute atomic E-state index is 0.0672. The Hall–Kier alpha value is -0.120. The van der Waals surface area contributed by atoms with Crippen LogP contribution in [0.4, 0.5) is 0 Å². The lowest BCUT2D eigenvalue weighted by Crippen LogP contribution is -2.53. The minimum Gasteiger partial charge on any atom is -0.391 e. The van der Waals surface area contributed by atoms with Crippen molar-refractivity contribution in [3.63, 3.8) is 0 Å². The molecule has 3 nitrogen and oxygen atoms in total. The van der Waals surface area contributed by atoms with Crippen molar-refractivity contribution in [3.05, 3.63) is 0 Å². The molecule has 2 saturated carbocycles. The number of hydrogen-bond donors (Lipinski definition) is 2. The Morgan fingerprint density at radius 1 is 0.857 bits per heavy atom. The van der Waals surface area contributed by atoms with E-state index in [0.29, 0.717) is 6.04 Å². The maximum atomic E-state index is 10.2. The molecule has 2 N–H and O–H groups in total. The average Bonchev–Trinajstić information content (AvgIpc) is 2.49. The third-order valence-corrected chi connectivity index (χ3v) is 6.10. The first-order chi connectivity index (χ1) is 10.2. The standard InChI is InChI=1S/C18H34N2O/c1-14-5-4-6-16(13-14)19-15-9-11-20(12-10-15)17-7-2-3-8-18(17)21/h14-19,21H,2-13H2,1H3. The molecule has 122 valence electrons. The van der Waals surface area contributed by atoms with Crippen LogP contribution in [0.25, 0.3) is 0 Å². The second-order valence-corrected chi connectivity index (χ2v) is 7.86. The molecule has 3 fully saturated rings. The van der Waals surface area contributed by atoms with Crippen molar-refractivity contribution in [2.45, 2.75) is 95.4 Å². The zero-order valence-corrected chi connectivity index (χ0v) is 13.8. The molecule has 0 aromatic rings. The van der Waals surface area contributed by atoms with Gasteiger partial charge in [0.1, 0.15) is 0 Å². The van der Waals surface area contributed by atoms with Crippen LogP contribution >= 0.6 is 0 Å². The molecule has 1 heterocycles. The van der Waals surface area contributed by atoms with Gasteiger partial charge in [0.2, 0.25) is 0 Å². The van der Waals surface area contributed by atoms with Gasteiger partial charge >= 0.3 is 0 Å². The summed E-state index contributed by atoms with van der Waals surface area (Å²) in [6, 6.07) is 1.94. The van der Waals surface area contributed by atoms with Crippen LogP contribution in [-0.2, 0) is 0 Å². The van der Waals surface area contributed by atoms with Crippen molar-refractivity contribution < 1.29 is 5.11 Å². The highest BCUT2D eigenvalue weighted by molar-refractivity contribution is 4.89. The van der Waals surface area contributed by atoms with Crippen LogP contribution in [0.3, 0.4) is 0 Å². The molecule has 21 heavy (non-hydrogen) atoms. The van der Waals surface area contributed by atoms with Crippen LogP contribution < -0.4 is 5.32 Å². The van der Waals surface area contributed by atoms with Gasteiger partial charge in [0.05, 0.1) is 6.10 Å². The fourth-order valence-electron chi connectivity index (χ4n) is 4.83. The second-order valence-electron chi connectivity index (χ2n) is 7.86. The minimum atomic E-state index is -0.0672. The predicted octanol–water partition coefficient (Wildman–Crippen LogP) is 2.92. The maximum Gasteiger partial charge on any atom is 0.0695 e. The van der Waals surface area contributed by atoms with Crippen LogP contribution in [0.1, 0.15) is 71.1 Å². The topological polar surface area (TPSA) is 35.5 Å². The summed E-state index contributed by atoms with van der Waals surface area (Å²) in [6.07, 6.45) is 12.8. The average molecular weight is 294 g/mol. The number of piperidine rings is 1. The molecule has 1 aliphatic heterocycles. The van der Waals surface area contributed by atoms with Gasteiger partial charge in [-0.3, -0.25) is 4.90 Å². The van der Waals surface area contributed by atoms with Gasteiger partial charge < -0.3 is 10.4 Å². The first-order valence-electron chi connectivity index (χ1n) is 9.40. The van der Waals surface area contributed by atoms with Crippen molar-refractivity contribution in [1.82, 2.24) is 10.2 Å².